The molecule has 1 aromatic carbocycles. The smallest absolute Gasteiger partial charge is 0.405 e. The largest absolute Gasteiger partial charge is 0.497 e. The number of benzene rings is 1. The summed E-state index contributed by atoms with van der Waals surface area (Å²) in [5.74, 6) is -2.08. The van der Waals surface area contributed by atoms with Crippen LogP contribution in [-0.4, -0.2) is 94.3 Å². The van der Waals surface area contributed by atoms with Crippen molar-refractivity contribution in [2.45, 2.75) is 101 Å². The molecule has 2 saturated carbocycles. The number of hydrogen-bond acceptors (Lipinski definition) is 10. The van der Waals surface area contributed by atoms with E-state index >= 15 is 0 Å². The highest BCUT2D eigenvalue weighted by Gasteiger charge is 2.63. The van der Waals surface area contributed by atoms with Crippen molar-refractivity contribution in [2.75, 3.05) is 13.7 Å². The third kappa shape index (κ3) is 7.32. The van der Waals surface area contributed by atoms with Crippen LogP contribution in [0.15, 0.2) is 30.4 Å². The Morgan fingerprint density at radius 3 is 2.55 bits per heavy atom. The lowest BCUT2D eigenvalue weighted by molar-refractivity contribution is -0.142. The number of aromatic nitrogens is 2. The van der Waals surface area contributed by atoms with E-state index < -0.39 is 74.1 Å². The van der Waals surface area contributed by atoms with E-state index in [1.165, 1.54) is 12.0 Å². The van der Waals surface area contributed by atoms with Crippen molar-refractivity contribution >= 4 is 44.9 Å². The normalized spacial score (nSPS) is 31.2. The molecule has 276 valence electrons. The van der Waals surface area contributed by atoms with Gasteiger partial charge in [0.25, 0.3) is 5.91 Å². The van der Waals surface area contributed by atoms with Gasteiger partial charge in [0, 0.05) is 18.4 Å². The first kappa shape index (κ1) is 36.3. The molecule has 7 atom stereocenters. The van der Waals surface area contributed by atoms with Gasteiger partial charge in [-0.3, -0.25) is 19.1 Å². The fourth-order valence-electron chi connectivity index (χ4n) is 7.23. The summed E-state index contributed by atoms with van der Waals surface area (Å²) in [7, 11) is -2.46. The number of carbonyl (C=O) groups is 4. The highest BCUT2D eigenvalue weighted by molar-refractivity contribution is 7.91. The fourth-order valence-corrected chi connectivity index (χ4v) is 8.54. The molecule has 15 nitrogen and oxygen atoms in total. The van der Waals surface area contributed by atoms with Crippen molar-refractivity contribution in [1.82, 2.24) is 30.2 Å². The minimum Gasteiger partial charge on any atom is -0.497 e. The molecule has 16 heteroatoms. The van der Waals surface area contributed by atoms with Gasteiger partial charge in [-0.25, -0.2) is 23.2 Å². The molecule has 3 fully saturated rings. The molecule has 51 heavy (non-hydrogen) atoms. The van der Waals surface area contributed by atoms with Gasteiger partial charge in [-0.2, -0.15) is 0 Å². The monoisotopic (exact) mass is 726 g/mol. The second-order valence-corrected chi connectivity index (χ2v) is 17.1. The van der Waals surface area contributed by atoms with Crippen LogP contribution < -0.4 is 24.8 Å². The van der Waals surface area contributed by atoms with Crippen LogP contribution in [-0.2, 0) is 24.4 Å². The van der Waals surface area contributed by atoms with Crippen LogP contribution in [0.4, 0.5) is 4.79 Å². The summed E-state index contributed by atoms with van der Waals surface area (Å²) in [5, 5.41) is 15.0. The number of methoxy groups -OCH3 is 1. The molecular formula is C35H46N6O9S. The van der Waals surface area contributed by atoms with E-state index in [1.54, 1.807) is 39.0 Å². The number of rotatable bonds is 7. The number of sulfonamides is 1. The maximum absolute atomic E-state index is 14.3. The minimum atomic E-state index is -4.00. The van der Waals surface area contributed by atoms with Gasteiger partial charge in [0.15, 0.2) is 0 Å². The molecule has 4 amide bonds. The third-order valence-corrected chi connectivity index (χ3v) is 13.0. The zero-order valence-electron chi connectivity index (χ0n) is 29.5. The third-order valence-electron chi connectivity index (χ3n) is 10.8. The molecule has 2 unspecified atom stereocenters. The number of allylic oxidation sites excluding steroid dienone is 1. The highest BCUT2D eigenvalue weighted by Crippen LogP contribution is 2.47. The summed E-state index contributed by atoms with van der Waals surface area (Å²) in [4.78, 5) is 64.9. The number of aryl methyl sites for hydroxylation is 1. The molecule has 4 N–H and O–H groups in total. The molecule has 0 spiro atoms. The van der Waals surface area contributed by atoms with Gasteiger partial charge in [-0.05, 0) is 76.3 Å². The molecule has 1 aromatic heterocycles. The van der Waals surface area contributed by atoms with E-state index in [2.05, 4.69) is 25.3 Å². The fraction of sp³-hybridized carbons (Fsp3) is 0.600. The summed E-state index contributed by atoms with van der Waals surface area (Å²) in [5.41, 5.74) is 0.0711. The van der Waals surface area contributed by atoms with E-state index in [0.29, 0.717) is 48.2 Å². The lowest BCUT2D eigenvalue weighted by Gasteiger charge is -2.32. The van der Waals surface area contributed by atoms with Crippen molar-refractivity contribution in [3.63, 3.8) is 0 Å². The average molecular weight is 727 g/mol. The number of amides is 4. The first-order valence-corrected chi connectivity index (χ1v) is 18.9. The standard InChI is InChI=1S/C35H46N6O9S/c1-19-8-6-7-9-22-17-35(22,32(44)40-51(47,48)34(4)12-13-34)39-29(42)27-16-24(18-41(27)31(43)28(20(2)14-19)38-33(45)46)50-30-21(3)36-25-11-10-23(49-5)15-26(25)37-30/h7,9-11,15,19-20,22,24,27-28,38H,6,8,12-14,16-18H2,1-5H3,(H,39,42)(H,40,44)(H,45,46)/b9-7-/t19-,20-,22?,24-,27+,28+,35?/m1/s1. The number of nitrogens with zero attached hydrogens (tertiary/aromatic N) is 3. The van der Waals surface area contributed by atoms with E-state index in [1.807, 2.05) is 19.1 Å². The van der Waals surface area contributed by atoms with Crippen LogP contribution in [0, 0.1) is 24.7 Å². The Morgan fingerprint density at radius 2 is 1.86 bits per heavy atom. The zero-order chi connectivity index (χ0) is 36.9. The van der Waals surface area contributed by atoms with Crippen LogP contribution in [0.25, 0.3) is 11.0 Å². The van der Waals surface area contributed by atoms with Crippen molar-refractivity contribution < 1.29 is 42.2 Å². The summed E-state index contributed by atoms with van der Waals surface area (Å²) in [6.45, 7) is 7.05. The van der Waals surface area contributed by atoms with E-state index in [4.69, 9.17) is 9.47 Å². The van der Waals surface area contributed by atoms with Crippen LogP contribution in [0.1, 0.15) is 71.4 Å². The Bertz CT molecular complexity index is 1880. The van der Waals surface area contributed by atoms with Crippen LogP contribution in [0.5, 0.6) is 11.6 Å². The van der Waals surface area contributed by atoms with Crippen molar-refractivity contribution in [3.8, 4) is 11.6 Å². The summed E-state index contributed by atoms with van der Waals surface area (Å²) in [6, 6.07) is 2.92. The first-order chi connectivity index (χ1) is 24.1. The predicted molar refractivity (Wildman–Crippen MR) is 185 cm³/mol. The van der Waals surface area contributed by atoms with Crippen LogP contribution in [0.3, 0.4) is 0 Å². The molecule has 6 rings (SSSR count). The Morgan fingerprint density at radius 1 is 1.12 bits per heavy atom. The number of carboxylic acid groups (broad SMARTS) is 1. The number of fused-ring (bicyclic) bond motifs is 3. The Kier molecular flexibility index (Phi) is 9.67. The second-order valence-electron chi connectivity index (χ2n) is 14.9. The summed E-state index contributed by atoms with van der Waals surface area (Å²) < 4.78 is 39.0. The molecular weight excluding hydrogens is 680 g/mol. The number of hydrogen-bond donors (Lipinski definition) is 4. The number of nitrogens with one attached hydrogen (secondary N) is 3. The number of carbonyl (C=O) groups excluding carboxylic acids is 3. The predicted octanol–water partition coefficient (Wildman–Crippen LogP) is 2.82. The average Bonchev–Trinajstić information content (AvgIpc) is 3.95. The quantitative estimate of drug-likeness (QED) is 0.305. The van der Waals surface area contributed by atoms with Crippen molar-refractivity contribution in [3.05, 3.63) is 36.0 Å². The van der Waals surface area contributed by atoms with Gasteiger partial charge in [0.05, 0.1) is 29.4 Å². The Hall–Kier alpha value is -4.47. The van der Waals surface area contributed by atoms with Crippen molar-refractivity contribution in [1.29, 1.82) is 0 Å². The van der Waals surface area contributed by atoms with Crippen LogP contribution in [0.2, 0.25) is 0 Å². The Labute approximate surface area is 297 Å². The van der Waals surface area contributed by atoms with Crippen molar-refractivity contribution in [2.24, 2.45) is 17.8 Å². The molecule has 2 aliphatic heterocycles. The maximum Gasteiger partial charge on any atom is 0.405 e. The topological polar surface area (TPSA) is 206 Å². The van der Waals surface area contributed by atoms with E-state index in [0.717, 1.165) is 6.42 Å². The molecule has 1 saturated heterocycles. The van der Waals surface area contributed by atoms with Gasteiger partial charge in [-0.15, -0.1) is 0 Å². The lowest BCUT2D eigenvalue weighted by atomic mass is 9.88. The first-order valence-electron chi connectivity index (χ1n) is 17.4. The van der Waals surface area contributed by atoms with E-state index in [9.17, 15) is 32.7 Å². The Balaban J connectivity index is 1.33. The molecule has 4 aliphatic rings. The van der Waals surface area contributed by atoms with Crippen LogP contribution >= 0.6 is 0 Å². The van der Waals surface area contributed by atoms with Gasteiger partial charge in [0.1, 0.15) is 35.2 Å². The molecule has 0 radical (unpaired) electrons. The summed E-state index contributed by atoms with van der Waals surface area (Å²) >= 11 is 0. The summed E-state index contributed by atoms with van der Waals surface area (Å²) in [6.07, 6.45) is 4.59. The van der Waals surface area contributed by atoms with Gasteiger partial charge in [-0.1, -0.05) is 26.0 Å². The van der Waals surface area contributed by atoms with Gasteiger partial charge >= 0.3 is 6.09 Å². The lowest BCUT2D eigenvalue weighted by Crippen LogP contribution is -2.59. The van der Waals surface area contributed by atoms with Gasteiger partial charge < -0.3 is 30.1 Å². The maximum atomic E-state index is 14.3. The highest BCUT2D eigenvalue weighted by atomic mass is 32.2. The molecule has 0 bridgehead atoms. The minimum absolute atomic E-state index is 0.00596. The zero-order valence-corrected chi connectivity index (χ0v) is 30.3. The number of ether oxygens (including phenoxy) is 2. The van der Waals surface area contributed by atoms with Gasteiger partial charge in [0.2, 0.25) is 27.7 Å². The second kappa shape index (κ2) is 13.6. The molecule has 2 aromatic rings. The molecule has 2 aliphatic carbocycles. The SMILES string of the molecule is COc1ccc2nc(C)c(O[C@@H]3C[C@H]4C(=O)NC5(C(=O)NS(=O)(=O)C6(C)CC6)CC5/C=C\CC[C@@H](C)C[C@@H](C)[C@H](NC(=O)O)C(=O)N4C3)nc2c1. The molecule has 3 heterocycles. The van der Waals surface area contributed by atoms with E-state index in [-0.39, 0.29) is 31.2 Å².